The zero-order valence-electron chi connectivity index (χ0n) is 8.95. The maximum atomic E-state index is 5.94. The largest absolute Gasteiger partial charge is 0.241 e. The summed E-state index contributed by atoms with van der Waals surface area (Å²) in [5.74, 6) is 0. The molecule has 0 radical (unpaired) electrons. The molecule has 0 fully saturated rings. The third-order valence-corrected chi connectivity index (χ3v) is 2.70. The van der Waals surface area contributed by atoms with Crippen LogP contribution < -0.4 is 0 Å². The second-order valence-electron chi connectivity index (χ2n) is 3.63. The maximum absolute atomic E-state index is 5.94. The first-order valence-electron chi connectivity index (χ1n) is 5.20. The molecule has 0 saturated carbocycles. The molecule has 0 atom stereocenters. The highest BCUT2D eigenvalue weighted by molar-refractivity contribution is 6.34. The van der Waals surface area contributed by atoms with Gasteiger partial charge in [0.25, 0.3) is 0 Å². The lowest BCUT2D eigenvalue weighted by molar-refractivity contribution is 0.807. The van der Waals surface area contributed by atoms with E-state index >= 15 is 0 Å². The van der Waals surface area contributed by atoms with Gasteiger partial charge in [0.15, 0.2) is 0 Å². The van der Waals surface area contributed by atoms with Crippen LogP contribution in [0.3, 0.4) is 0 Å². The molecular weight excluding hydrogens is 243 g/mol. The van der Waals surface area contributed by atoms with Crippen molar-refractivity contribution in [3.63, 3.8) is 0 Å². The Morgan fingerprint density at radius 1 is 1.19 bits per heavy atom. The Kier molecular flexibility index (Phi) is 3.52. The molecular formula is C12H12Cl2N2. The van der Waals surface area contributed by atoms with Crippen LogP contribution in [0.4, 0.5) is 0 Å². The SMILES string of the molecule is CCCc1ccn(-c2cc(Cl)cc(Cl)c2)n1. The summed E-state index contributed by atoms with van der Waals surface area (Å²) in [7, 11) is 0. The van der Waals surface area contributed by atoms with E-state index in [0.29, 0.717) is 10.0 Å². The molecule has 4 heteroatoms. The fourth-order valence-corrected chi connectivity index (χ4v) is 2.08. The predicted octanol–water partition coefficient (Wildman–Crippen LogP) is 4.13. The van der Waals surface area contributed by atoms with E-state index in [2.05, 4.69) is 12.0 Å². The van der Waals surface area contributed by atoms with Crippen molar-refractivity contribution in [3.05, 3.63) is 46.2 Å². The molecule has 1 aromatic heterocycles. The summed E-state index contributed by atoms with van der Waals surface area (Å²) in [4.78, 5) is 0. The van der Waals surface area contributed by atoms with E-state index in [9.17, 15) is 0 Å². The summed E-state index contributed by atoms with van der Waals surface area (Å²) < 4.78 is 1.79. The van der Waals surface area contributed by atoms with Crippen LogP contribution in [0.1, 0.15) is 19.0 Å². The van der Waals surface area contributed by atoms with Crippen molar-refractivity contribution < 1.29 is 0 Å². The standard InChI is InChI=1S/C12H12Cl2N2/c1-2-3-11-4-5-16(15-11)12-7-9(13)6-10(14)8-12/h4-8H,2-3H2,1H3. The third-order valence-electron chi connectivity index (χ3n) is 2.26. The van der Waals surface area contributed by atoms with Gasteiger partial charge in [-0.3, -0.25) is 0 Å². The smallest absolute Gasteiger partial charge is 0.0675 e. The van der Waals surface area contributed by atoms with Crippen molar-refractivity contribution in [1.82, 2.24) is 9.78 Å². The highest BCUT2D eigenvalue weighted by Crippen LogP contribution is 2.21. The number of rotatable bonds is 3. The summed E-state index contributed by atoms with van der Waals surface area (Å²) in [6, 6.07) is 7.41. The van der Waals surface area contributed by atoms with Crippen LogP contribution >= 0.6 is 23.2 Å². The quantitative estimate of drug-likeness (QED) is 0.806. The van der Waals surface area contributed by atoms with E-state index in [1.807, 2.05) is 24.4 Å². The average Bonchev–Trinajstić information content (AvgIpc) is 2.65. The van der Waals surface area contributed by atoms with E-state index in [1.165, 1.54) is 0 Å². The average molecular weight is 255 g/mol. The zero-order valence-corrected chi connectivity index (χ0v) is 10.5. The van der Waals surface area contributed by atoms with Gasteiger partial charge in [-0.1, -0.05) is 36.5 Å². The first-order chi connectivity index (χ1) is 7.69. The molecule has 0 spiro atoms. The zero-order chi connectivity index (χ0) is 11.5. The van der Waals surface area contributed by atoms with E-state index in [4.69, 9.17) is 23.2 Å². The number of aryl methyl sites for hydroxylation is 1. The van der Waals surface area contributed by atoms with Crippen LogP contribution in [-0.2, 0) is 6.42 Å². The minimum Gasteiger partial charge on any atom is -0.241 e. The van der Waals surface area contributed by atoms with E-state index < -0.39 is 0 Å². The van der Waals surface area contributed by atoms with E-state index in [-0.39, 0.29) is 0 Å². The molecule has 2 rings (SSSR count). The summed E-state index contributed by atoms with van der Waals surface area (Å²) in [6.07, 6.45) is 4.00. The van der Waals surface area contributed by atoms with Gasteiger partial charge in [0.2, 0.25) is 0 Å². The van der Waals surface area contributed by atoms with Gasteiger partial charge >= 0.3 is 0 Å². The number of halogens is 2. The van der Waals surface area contributed by atoms with Gasteiger partial charge in [0.1, 0.15) is 0 Å². The first kappa shape index (κ1) is 11.5. The lowest BCUT2D eigenvalue weighted by Gasteiger charge is -2.02. The number of aromatic nitrogens is 2. The Morgan fingerprint density at radius 3 is 2.50 bits per heavy atom. The van der Waals surface area contributed by atoms with Gasteiger partial charge in [-0.2, -0.15) is 5.10 Å². The number of benzene rings is 1. The van der Waals surface area contributed by atoms with Crippen molar-refractivity contribution in [2.75, 3.05) is 0 Å². The Morgan fingerprint density at radius 2 is 1.88 bits per heavy atom. The molecule has 0 aliphatic carbocycles. The van der Waals surface area contributed by atoms with Crippen LogP contribution in [0, 0.1) is 0 Å². The molecule has 1 aromatic carbocycles. The summed E-state index contributed by atoms with van der Waals surface area (Å²) in [5.41, 5.74) is 1.97. The molecule has 16 heavy (non-hydrogen) atoms. The lowest BCUT2D eigenvalue weighted by atomic mass is 10.3. The molecule has 2 nitrogen and oxygen atoms in total. The first-order valence-corrected chi connectivity index (χ1v) is 5.95. The van der Waals surface area contributed by atoms with Crippen LogP contribution in [0.25, 0.3) is 5.69 Å². The number of nitrogens with zero attached hydrogens (tertiary/aromatic N) is 2. The molecule has 0 aliphatic heterocycles. The second-order valence-corrected chi connectivity index (χ2v) is 4.50. The van der Waals surface area contributed by atoms with E-state index in [0.717, 1.165) is 24.2 Å². The number of hydrogen-bond acceptors (Lipinski definition) is 1. The molecule has 1 heterocycles. The minimum absolute atomic E-state index is 0.620. The highest BCUT2D eigenvalue weighted by atomic mass is 35.5. The Bertz CT molecular complexity index is 471. The predicted molar refractivity (Wildman–Crippen MR) is 67.6 cm³/mol. The topological polar surface area (TPSA) is 17.8 Å². The van der Waals surface area contributed by atoms with Crippen molar-refractivity contribution in [3.8, 4) is 5.69 Å². The molecule has 2 aromatic rings. The summed E-state index contributed by atoms with van der Waals surface area (Å²) in [6.45, 7) is 2.13. The maximum Gasteiger partial charge on any atom is 0.0675 e. The van der Waals surface area contributed by atoms with Gasteiger partial charge < -0.3 is 0 Å². The minimum atomic E-state index is 0.620. The van der Waals surface area contributed by atoms with Crippen LogP contribution in [0.5, 0.6) is 0 Å². The summed E-state index contributed by atoms with van der Waals surface area (Å²) in [5, 5.41) is 5.69. The molecule has 0 unspecified atom stereocenters. The van der Waals surface area contributed by atoms with Gasteiger partial charge in [-0.05, 0) is 30.7 Å². The Balaban J connectivity index is 2.34. The van der Waals surface area contributed by atoms with Crippen molar-refractivity contribution >= 4 is 23.2 Å². The second kappa shape index (κ2) is 4.89. The third kappa shape index (κ3) is 2.57. The van der Waals surface area contributed by atoms with Crippen LogP contribution in [-0.4, -0.2) is 9.78 Å². The molecule has 0 aliphatic rings. The lowest BCUT2D eigenvalue weighted by Crippen LogP contribution is -1.96. The summed E-state index contributed by atoms with van der Waals surface area (Å²) >= 11 is 11.9. The molecule has 84 valence electrons. The van der Waals surface area contributed by atoms with Crippen molar-refractivity contribution in [1.29, 1.82) is 0 Å². The van der Waals surface area contributed by atoms with Crippen molar-refractivity contribution in [2.45, 2.75) is 19.8 Å². The van der Waals surface area contributed by atoms with Gasteiger partial charge in [-0.15, -0.1) is 0 Å². The highest BCUT2D eigenvalue weighted by Gasteiger charge is 2.03. The van der Waals surface area contributed by atoms with Gasteiger partial charge in [-0.25, -0.2) is 4.68 Å². The van der Waals surface area contributed by atoms with Crippen molar-refractivity contribution in [2.24, 2.45) is 0 Å². The number of hydrogen-bond donors (Lipinski definition) is 0. The van der Waals surface area contributed by atoms with Gasteiger partial charge in [0.05, 0.1) is 11.4 Å². The van der Waals surface area contributed by atoms with Crippen LogP contribution in [0.2, 0.25) is 10.0 Å². The molecule has 0 bridgehead atoms. The fraction of sp³-hybridized carbons (Fsp3) is 0.250. The Hall–Kier alpha value is -0.990. The Labute approximate surface area is 105 Å². The normalized spacial score (nSPS) is 10.7. The van der Waals surface area contributed by atoms with E-state index in [1.54, 1.807) is 10.7 Å². The molecule has 0 N–H and O–H groups in total. The molecule has 0 saturated heterocycles. The molecule has 0 amide bonds. The monoisotopic (exact) mass is 254 g/mol. The van der Waals surface area contributed by atoms with Crippen LogP contribution in [0.15, 0.2) is 30.5 Å². The van der Waals surface area contributed by atoms with Gasteiger partial charge in [0, 0.05) is 16.2 Å². The fourth-order valence-electron chi connectivity index (χ4n) is 1.57.